The first-order valence-corrected chi connectivity index (χ1v) is 4.00. The summed E-state index contributed by atoms with van der Waals surface area (Å²) in [4.78, 5) is 0. The zero-order chi connectivity index (χ0) is 9.09. The van der Waals surface area contributed by atoms with E-state index in [0.717, 1.165) is 0 Å². The molecule has 5 heteroatoms. The van der Waals surface area contributed by atoms with Crippen molar-refractivity contribution in [3.05, 3.63) is 0 Å². The highest BCUT2D eigenvalue weighted by Gasteiger charge is 2.66. The van der Waals surface area contributed by atoms with Crippen LogP contribution in [0.4, 0.5) is 0 Å². The van der Waals surface area contributed by atoms with E-state index in [-0.39, 0.29) is 6.42 Å². The van der Waals surface area contributed by atoms with Crippen LogP contribution < -0.4 is 5.73 Å². The van der Waals surface area contributed by atoms with Crippen LogP contribution >= 0.6 is 0 Å². The van der Waals surface area contributed by atoms with E-state index >= 15 is 0 Å². The number of aliphatic hydroxyl groups is 4. The van der Waals surface area contributed by atoms with Gasteiger partial charge in [-0.05, 0) is 0 Å². The summed E-state index contributed by atoms with van der Waals surface area (Å²) in [5.41, 5.74) is 3.91. The lowest BCUT2D eigenvalue weighted by Crippen LogP contribution is -2.52. The molecule has 2 saturated carbocycles. The fraction of sp³-hybridized carbons (Fsp3) is 1.00. The van der Waals surface area contributed by atoms with Gasteiger partial charge < -0.3 is 26.2 Å². The topological polar surface area (TPSA) is 107 Å². The third-order valence-corrected chi connectivity index (χ3v) is 3.18. The molecule has 6 N–H and O–H groups in total. The van der Waals surface area contributed by atoms with Crippen molar-refractivity contribution in [1.82, 2.24) is 0 Å². The van der Waals surface area contributed by atoms with Gasteiger partial charge in [-0.2, -0.15) is 0 Å². The molecular weight excluding hydrogens is 162 g/mol. The van der Waals surface area contributed by atoms with E-state index in [1.165, 1.54) is 0 Å². The van der Waals surface area contributed by atoms with E-state index in [9.17, 15) is 20.4 Å². The molecule has 2 rings (SSSR count). The summed E-state index contributed by atoms with van der Waals surface area (Å²) in [6.07, 6.45) is -3.02. The normalized spacial score (nSPS) is 64.2. The highest BCUT2D eigenvalue weighted by molar-refractivity contribution is 5.18. The molecule has 6 atom stereocenters. The van der Waals surface area contributed by atoms with Crippen molar-refractivity contribution < 1.29 is 20.4 Å². The van der Waals surface area contributed by atoms with E-state index in [4.69, 9.17) is 5.73 Å². The zero-order valence-electron chi connectivity index (χ0n) is 6.46. The predicted molar refractivity (Wildman–Crippen MR) is 39.1 cm³/mol. The summed E-state index contributed by atoms with van der Waals surface area (Å²) in [5.74, 6) is -0.593. The summed E-state index contributed by atoms with van der Waals surface area (Å²) < 4.78 is 0. The van der Waals surface area contributed by atoms with Crippen molar-refractivity contribution >= 4 is 0 Å². The Kier molecular flexibility index (Phi) is 1.53. The molecule has 0 saturated heterocycles. The largest absolute Gasteiger partial charge is 0.393 e. The minimum Gasteiger partial charge on any atom is -0.393 e. The molecule has 2 aliphatic rings. The SMILES string of the molecule is N[C@@H]1[C@@H]2[C@H](O)C[C@@](O)([C@@H]2O)[C@H]1O. The smallest absolute Gasteiger partial charge is 0.121 e. The Bertz CT molecular complexity index is 212. The molecule has 0 aromatic carbocycles. The van der Waals surface area contributed by atoms with Gasteiger partial charge in [0, 0.05) is 18.4 Å². The number of rotatable bonds is 0. The Morgan fingerprint density at radius 3 is 2.08 bits per heavy atom. The Labute approximate surface area is 69.4 Å². The molecule has 0 amide bonds. The molecule has 0 aromatic heterocycles. The van der Waals surface area contributed by atoms with Gasteiger partial charge in [-0.1, -0.05) is 0 Å². The zero-order valence-corrected chi connectivity index (χ0v) is 6.46. The van der Waals surface area contributed by atoms with Gasteiger partial charge in [0.15, 0.2) is 0 Å². The van der Waals surface area contributed by atoms with Gasteiger partial charge in [-0.25, -0.2) is 0 Å². The third-order valence-electron chi connectivity index (χ3n) is 3.18. The first-order chi connectivity index (χ1) is 5.48. The van der Waals surface area contributed by atoms with Gasteiger partial charge in [0.1, 0.15) is 11.7 Å². The number of hydrogen-bond acceptors (Lipinski definition) is 5. The fourth-order valence-electron chi connectivity index (χ4n) is 2.44. The maximum absolute atomic E-state index is 9.68. The molecule has 2 bridgehead atoms. The quantitative estimate of drug-likeness (QED) is 0.272. The molecule has 2 aliphatic carbocycles. The van der Waals surface area contributed by atoms with Gasteiger partial charge >= 0.3 is 0 Å². The Balaban J connectivity index is 2.35. The average Bonchev–Trinajstić information content (AvgIpc) is 2.28. The second kappa shape index (κ2) is 2.18. The molecule has 2 fully saturated rings. The molecular formula is C7H13NO4. The van der Waals surface area contributed by atoms with Gasteiger partial charge in [-0.15, -0.1) is 0 Å². The van der Waals surface area contributed by atoms with Crippen molar-refractivity contribution in [2.24, 2.45) is 11.7 Å². The van der Waals surface area contributed by atoms with E-state index in [1.54, 1.807) is 0 Å². The van der Waals surface area contributed by atoms with Crippen molar-refractivity contribution in [2.45, 2.75) is 36.4 Å². The molecule has 5 nitrogen and oxygen atoms in total. The Hall–Kier alpha value is -0.200. The minimum absolute atomic E-state index is 0.00764. The molecule has 0 spiro atoms. The lowest BCUT2D eigenvalue weighted by molar-refractivity contribution is -0.114. The van der Waals surface area contributed by atoms with Crippen LogP contribution in [0.5, 0.6) is 0 Å². The maximum atomic E-state index is 9.68. The molecule has 70 valence electrons. The Morgan fingerprint density at radius 2 is 1.75 bits per heavy atom. The average molecular weight is 175 g/mol. The van der Waals surface area contributed by atoms with Crippen LogP contribution in [0.15, 0.2) is 0 Å². The standard InChI is InChI=1S/C7H13NO4/c8-4-3-2(9)1-7(12,5(3)10)6(4)11/h2-6,9-12H,1,8H2/t2-,3+,4-,5-,6+,7-/m1/s1. The van der Waals surface area contributed by atoms with E-state index in [2.05, 4.69) is 0 Å². The molecule has 0 aromatic rings. The van der Waals surface area contributed by atoms with E-state index in [0.29, 0.717) is 0 Å². The molecule has 0 radical (unpaired) electrons. The predicted octanol–water partition coefficient (Wildman–Crippen LogP) is -2.84. The highest BCUT2D eigenvalue weighted by Crippen LogP contribution is 2.47. The third kappa shape index (κ3) is 0.705. The van der Waals surface area contributed by atoms with Gasteiger partial charge in [-0.3, -0.25) is 0 Å². The summed E-state index contributed by atoms with van der Waals surface area (Å²) in [6.45, 7) is 0. The van der Waals surface area contributed by atoms with Crippen LogP contribution in [0.25, 0.3) is 0 Å². The van der Waals surface area contributed by atoms with Crippen molar-refractivity contribution in [2.75, 3.05) is 0 Å². The van der Waals surface area contributed by atoms with Gasteiger partial charge in [0.25, 0.3) is 0 Å². The van der Waals surface area contributed by atoms with E-state index in [1.807, 2.05) is 0 Å². The minimum atomic E-state index is -1.59. The highest BCUT2D eigenvalue weighted by atomic mass is 16.4. The summed E-state index contributed by atoms with van der Waals surface area (Å²) in [5, 5.41) is 37.9. The van der Waals surface area contributed by atoms with Crippen LogP contribution in [0.1, 0.15) is 6.42 Å². The van der Waals surface area contributed by atoms with E-state index < -0.39 is 35.9 Å². The van der Waals surface area contributed by atoms with Crippen LogP contribution in [-0.2, 0) is 0 Å². The first kappa shape index (κ1) is 8.40. The van der Waals surface area contributed by atoms with Crippen LogP contribution in [0.2, 0.25) is 0 Å². The second-order valence-corrected chi connectivity index (χ2v) is 3.81. The maximum Gasteiger partial charge on any atom is 0.121 e. The van der Waals surface area contributed by atoms with Crippen LogP contribution in [0, 0.1) is 5.92 Å². The molecule has 0 heterocycles. The number of hydrogen-bond donors (Lipinski definition) is 5. The summed E-state index contributed by atoms with van der Waals surface area (Å²) in [7, 11) is 0. The number of aliphatic hydroxyl groups excluding tert-OH is 3. The second-order valence-electron chi connectivity index (χ2n) is 3.81. The molecule has 12 heavy (non-hydrogen) atoms. The molecule has 0 aliphatic heterocycles. The number of fused-ring (bicyclic) bond motifs is 2. The van der Waals surface area contributed by atoms with Gasteiger partial charge in [0.05, 0.1) is 12.2 Å². The molecule has 0 unspecified atom stereocenters. The van der Waals surface area contributed by atoms with Crippen LogP contribution in [-0.4, -0.2) is 50.4 Å². The van der Waals surface area contributed by atoms with Crippen LogP contribution in [0.3, 0.4) is 0 Å². The lowest BCUT2D eigenvalue weighted by atomic mass is 9.88. The lowest BCUT2D eigenvalue weighted by Gasteiger charge is -2.31. The summed E-state index contributed by atoms with van der Waals surface area (Å²) in [6, 6.07) is -0.728. The summed E-state index contributed by atoms with van der Waals surface area (Å²) >= 11 is 0. The number of nitrogens with two attached hydrogens (primary N) is 1. The fourth-order valence-corrected chi connectivity index (χ4v) is 2.44. The Morgan fingerprint density at radius 1 is 1.17 bits per heavy atom. The van der Waals surface area contributed by atoms with Gasteiger partial charge in [0.2, 0.25) is 0 Å². The van der Waals surface area contributed by atoms with Crippen molar-refractivity contribution in [3.63, 3.8) is 0 Å². The van der Waals surface area contributed by atoms with Crippen molar-refractivity contribution in [1.29, 1.82) is 0 Å². The first-order valence-electron chi connectivity index (χ1n) is 4.00. The monoisotopic (exact) mass is 175 g/mol. The van der Waals surface area contributed by atoms with Crippen molar-refractivity contribution in [3.8, 4) is 0 Å².